The van der Waals surface area contributed by atoms with Crippen LogP contribution in [0.4, 0.5) is 0 Å². The van der Waals surface area contributed by atoms with Gasteiger partial charge in [0.25, 0.3) is 0 Å². The lowest BCUT2D eigenvalue weighted by Gasteiger charge is -2.33. The first-order valence-electron chi connectivity index (χ1n) is 13.4. The molecule has 0 aliphatic carbocycles. The Morgan fingerprint density at radius 1 is 0.833 bits per heavy atom. The first-order valence-corrected chi connectivity index (χ1v) is 15.2. The molecule has 0 fully saturated rings. The van der Waals surface area contributed by atoms with Crippen molar-refractivity contribution in [2.45, 2.75) is 25.7 Å². The van der Waals surface area contributed by atoms with Gasteiger partial charge in [0.15, 0.2) is 0 Å². The van der Waals surface area contributed by atoms with Crippen LogP contribution >= 0.6 is 0 Å². The molecule has 0 unspecified atom stereocenters. The molecule has 1 atom stereocenters. The van der Waals surface area contributed by atoms with E-state index in [1.54, 1.807) is 74.0 Å². The molecular weight excluding hydrogens is 552 g/mol. The normalized spacial score (nSPS) is 12.0. The number of methoxy groups -OCH3 is 1. The maximum absolute atomic E-state index is 14.1. The highest BCUT2D eigenvalue weighted by molar-refractivity contribution is 7.88. The number of aromatic nitrogens is 1. The zero-order chi connectivity index (χ0) is 30.0. The van der Waals surface area contributed by atoms with Crippen molar-refractivity contribution in [3.05, 3.63) is 132 Å². The number of pyridine rings is 1. The van der Waals surface area contributed by atoms with Crippen molar-refractivity contribution in [1.82, 2.24) is 19.5 Å². The SMILES string of the molecule is COc1ccc(CN(C(=O)CN(Cc2ccccc2)S(C)(=O)=O)[C@@H](C(=O)NCc2ccccn2)c2ccccc2)cc1. The number of benzene rings is 3. The van der Waals surface area contributed by atoms with Gasteiger partial charge < -0.3 is 15.0 Å². The third-order valence-corrected chi connectivity index (χ3v) is 7.86. The Labute approximate surface area is 246 Å². The number of carbonyl (C=O) groups is 2. The van der Waals surface area contributed by atoms with Crippen LogP contribution in [0.3, 0.4) is 0 Å². The first kappa shape index (κ1) is 30.4. The van der Waals surface area contributed by atoms with E-state index >= 15 is 0 Å². The maximum Gasteiger partial charge on any atom is 0.247 e. The molecule has 1 aromatic heterocycles. The summed E-state index contributed by atoms with van der Waals surface area (Å²) in [7, 11) is -2.21. The third kappa shape index (κ3) is 8.48. The van der Waals surface area contributed by atoms with Crippen molar-refractivity contribution < 1.29 is 22.7 Å². The average molecular weight is 587 g/mol. The second-order valence-electron chi connectivity index (χ2n) is 9.74. The molecule has 0 aliphatic heterocycles. The predicted molar refractivity (Wildman–Crippen MR) is 161 cm³/mol. The van der Waals surface area contributed by atoms with Crippen molar-refractivity contribution in [1.29, 1.82) is 0 Å². The quantitative estimate of drug-likeness (QED) is 0.254. The zero-order valence-corrected chi connectivity index (χ0v) is 24.4. The molecule has 0 saturated carbocycles. The number of ether oxygens (including phenoxy) is 1. The molecule has 10 heteroatoms. The molecule has 218 valence electrons. The summed E-state index contributed by atoms with van der Waals surface area (Å²) in [4.78, 5) is 33.7. The van der Waals surface area contributed by atoms with Gasteiger partial charge in [0.1, 0.15) is 11.8 Å². The van der Waals surface area contributed by atoms with Gasteiger partial charge in [0.05, 0.1) is 32.1 Å². The monoisotopic (exact) mass is 586 g/mol. The molecule has 0 radical (unpaired) electrons. The molecule has 0 spiro atoms. The summed E-state index contributed by atoms with van der Waals surface area (Å²) in [5, 5.41) is 2.91. The van der Waals surface area contributed by atoms with E-state index < -0.39 is 34.4 Å². The Hall–Kier alpha value is -4.54. The van der Waals surface area contributed by atoms with Crippen molar-refractivity contribution in [3.63, 3.8) is 0 Å². The Balaban J connectivity index is 1.70. The van der Waals surface area contributed by atoms with Gasteiger partial charge in [-0.05, 0) is 41.0 Å². The van der Waals surface area contributed by atoms with Gasteiger partial charge in [-0.2, -0.15) is 4.31 Å². The van der Waals surface area contributed by atoms with E-state index in [0.29, 0.717) is 17.0 Å². The molecule has 4 aromatic rings. The van der Waals surface area contributed by atoms with E-state index in [1.165, 1.54) is 4.90 Å². The second kappa shape index (κ2) is 14.4. The van der Waals surface area contributed by atoms with E-state index in [-0.39, 0.29) is 19.6 Å². The van der Waals surface area contributed by atoms with Crippen molar-refractivity contribution in [3.8, 4) is 5.75 Å². The lowest BCUT2D eigenvalue weighted by Crippen LogP contribution is -2.47. The number of amides is 2. The van der Waals surface area contributed by atoms with Crippen LogP contribution in [0.1, 0.15) is 28.4 Å². The number of nitrogens with one attached hydrogen (secondary N) is 1. The summed E-state index contributed by atoms with van der Waals surface area (Å²) in [6, 6.07) is 29.6. The third-order valence-electron chi connectivity index (χ3n) is 6.66. The molecule has 9 nitrogen and oxygen atoms in total. The van der Waals surface area contributed by atoms with Crippen molar-refractivity contribution in [2.24, 2.45) is 0 Å². The number of sulfonamides is 1. The Morgan fingerprint density at radius 3 is 2.05 bits per heavy atom. The van der Waals surface area contributed by atoms with E-state index in [9.17, 15) is 18.0 Å². The number of hydrogen-bond acceptors (Lipinski definition) is 6. The molecule has 4 rings (SSSR count). The van der Waals surface area contributed by atoms with Crippen LogP contribution in [-0.4, -0.2) is 54.3 Å². The lowest BCUT2D eigenvalue weighted by atomic mass is 10.0. The summed E-state index contributed by atoms with van der Waals surface area (Å²) in [6.07, 6.45) is 2.72. The van der Waals surface area contributed by atoms with Gasteiger partial charge in [-0.3, -0.25) is 14.6 Å². The summed E-state index contributed by atoms with van der Waals surface area (Å²) in [5.41, 5.74) is 2.74. The van der Waals surface area contributed by atoms with E-state index in [0.717, 1.165) is 21.7 Å². The summed E-state index contributed by atoms with van der Waals surface area (Å²) >= 11 is 0. The molecule has 1 N–H and O–H groups in total. The Bertz CT molecular complexity index is 1550. The van der Waals surface area contributed by atoms with Crippen LogP contribution in [0.5, 0.6) is 5.75 Å². The predicted octanol–water partition coefficient (Wildman–Crippen LogP) is 3.94. The number of rotatable bonds is 13. The van der Waals surface area contributed by atoms with E-state index in [2.05, 4.69) is 10.3 Å². The molecule has 42 heavy (non-hydrogen) atoms. The largest absolute Gasteiger partial charge is 0.497 e. The van der Waals surface area contributed by atoms with Gasteiger partial charge in [-0.25, -0.2) is 8.42 Å². The number of nitrogens with zero attached hydrogens (tertiary/aromatic N) is 3. The van der Waals surface area contributed by atoms with Gasteiger partial charge in [-0.15, -0.1) is 0 Å². The fraction of sp³-hybridized carbons (Fsp3) is 0.219. The van der Waals surface area contributed by atoms with Crippen LogP contribution in [0.2, 0.25) is 0 Å². The second-order valence-corrected chi connectivity index (χ2v) is 11.7. The summed E-state index contributed by atoms with van der Waals surface area (Å²) in [6.45, 7) is -0.205. The van der Waals surface area contributed by atoms with E-state index in [4.69, 9.17) is 4.74 Å². The fourth-order valence-corrected chi connectivity index (χ4v) is 5.18. The van der Waals surface area contributed by atoms with Crippen molar-refractivity contribution in [2.75, 3.05) is 19.9 Å². The summed E-state index contributed by atoms with van der Waals surface area (Å²) < 4.78 is 32.0. The van der Waals surface area contributed by atoms with Crippen LogP contribution in [0.25, 0.3) is 0 Å². The molecule has 3 aromatic carbocycles. The van der Waals surface area contributed by atoms with Gasteiger partial charge in [0, 0.05) is 19.3 Å². The van der Waals surface area contributed by atoms with E-state index in [1.807, 2.05) is 42.5 Å². The lowest BCUT2D eigenvalue weighted by molar-refractivity contribution is -0.141. The topological polar surface area (TPSA) is 109 Å². The molecular formula is C32H34N4O5S. The Morgan fingerprint density at radius 2 is 1.45 bits per heavy atom. The fourth-order valence-electron chi connectivity index (χ4n) is 4.46. The highest BCUT2D eigenvalue weighted by atomic mass is 32.2. The first-order chi connectivity index (χ1) is 20.2. The number of carbonyl (C=O) groups excluding carboxylic acids is 2. The minimum Gasteiger partial charge on any atom is -0.497 e. The van der Waals surface area contributed by atoms with Crippen molar-refractivity contribution >= 4 is 21.8 Å². The van der Waals surface area contributed by atoms with Crippen LogP contribution < -0.4 is 10.1 Å². The number of hydrogen-bond donors (Lipinski definition) is 1. The minimum atomic E-state index is -3.77. The minimum absolute atomic E-state index is 0.0175. The molecule has 1 heterocycles. The van der Waals surface area contributed by atoms with Crippen LogP contribution in [0, 0.1) is 0 Å². The van der Waals surface area contributed by atoms with Crippen LogP contribution in [-0.2, 0) is 39.2 Å². The van der Waals surface area contributed by atoms with Gasteiger partial charge in [-0.1, -0.05) is 78.9 Å². The highest BCUT2D eigenvalue weighted by Gasteiger charge is 2.33. The average Bonchev–Trinajstić information content (AvgIpc) is 3.01. The highest BCUT2D eigenvalue weighted by Crippen LogP contribution is 2.26. The van der Waals surface area contributed by atoms with Gasteiger partial charge >= 0.3 is 0 Å². The summed E-state index contributed by atoms with van der Waals surface area (Å²) in [5.74, 6) is -0.285. The zero-order valence-electron chi connectivity index (χ0n) is 23.6. The maximum atomic E-state index is 14.1. The Kier molecular flexibility index (Phi) is 10.4. The molecule has 0 aliphatic rings. The molecule has 2 amide bonds. The van der Waals surface area contributed by atoms with Crippen LogP contribution in [0.15, 0.2) is 109 Å². The smallest absolute Gasteiger partial charge is 0.247 e. The molecule has 0 bridgehead atoms. The standard InChI is InChI=1S/C32H34N4O5S/c1-41-29-18-16-26(17-19-29)23-36(30(37)24-35(42(2,39)40)22-25-11-5-3-6-12-25)31(27-13-7-4-8-14-27)32(38)34-21-28-15-9-10-20-33-28/h3-20,31H,21-24H2,1-2H3,(H,34,38)/t31-/m1/s1. The van der Waals surface area contributed by atoms with Gasteiger partial charge in [0.2, 0.25) is 21.8 Å². The molecule has 0 saturated heterocycles.